The molecule has 0 spiro atoms. The maximum atomic E-state index is 12.5. The van der Waals surface area contributed by atoms with Crippen molar-refractivity contribution in [1.29, 1.82) is 0 Å². The van der Waals surface area contributed by atoms with Gasteiger partial charge in [-0.2, -0.15) is 0 Å². The number of benzene rings is 1. The van der Waals surface area contributed by atoms with E-state index >= 15 is 0 Å². The monoisotopic (exact) mass is 241 g/mol. The van der Waals surface area contributed by atoms with Crippen LogP contribution in [0.5, 0.6) is 0 Å². The van der Waals surface area contributed by atoms with E-state index in [4.69, 9.17) is 0 Å². The van der Waals surface area contributed by atoms with E-state index in [0.717, 1.165) is 6.07 Å². The van der Waals surface area contributed by atoms with Crippen molar-refractivity contribution in [3.05, 3.63) is 29.8 Å². The summed E-state index contributed by atoms with van der Waals surface area (Å²) >= 11 is 0. The molecule has 0 aromatic heterocycles. The standard InChI is InChI=1S/C9H12BF3N.K/c1-14(2)7-8-5-3-4-6-9(8)10(11,12)13;/h3-6H,7H2,1-2H3;/q-1;+1. The summed E-state index contributed by atoms with van der Waals surface area (Å²) in [6.07, 6.45) is 0. The predicted octanol–water partition coefficient (Wildman–Crippen LogP) is -1.19. The third kappa shape index (κ3) is 5.02. The Morgan fingerprint density at radius 3 is 2.13 bits per heavy atom. The predicted molar refractivity (Wildman–Crippen MR) is 52.5 cm³/mol. The summed E-state index contributed by atoms with van der Waals surface area (Å²) in [6.45, 7) is -4.58. The first-order chi connectivity index (χ1) is 6.41. The molecule has 0 saturated heterocycles. The van der Waals surface area contributed by atoms with Gasteiger partial charge in [0.2, 0.25) is 0 Å². The fraction of sp³-hybridized carbons (Fsp3) is 0.333. The Morgan fingerprint density at radius 2 is 1.67 bits per heavy atom. The van der Waals surface area contributed by atoms with Crippen LogP contribution in [0.15, 0.2) is 24.3 Å². The molecular weight excluding hydrogens is 229 g/mol. The van der Waals surface area contributed by atoms with Crippen LogP contribution in [0.1, 0.15) is 5.56 Å². The Balaban J connectivity index is 0.00000196. The summed E-state index contributed by atoms with van der Waals surface area (Å²) in [5.41, 5.74) is -0.147. The molecule has 1 aromatic carbocycles. The molecular formula is C9H12BF3KN. The summed E-state index contributed by atoms with van der Waals surface area (Å²) in [4.78, 5) is 1.72. The van der Waals surface area contributed by atoms with Gasteiger partial charge in [-0.25, -0.2) is 0 Å². The van der Waals surface area contributed by atoms with Crippen molar-refractivity contribution in [1.82, 2.24) is 4.90 Å². The molecule has 0 radical (unpaired) electrons. The Bertz CT molecular complexity index is 314. The largest absolute Gasteiger partial charge is 1.00 e. The summed E-state index contributed by atoms with van der Waals surface area (Å²) in [6, 6.07) is 5.71. The zero-order chi connectivity index (χ0) is 10.8. The number of halogens is 3. The van der Waals surface area contributed by atoms with E-state index in [9.17, 15) is 12.9 Å². The third-order valence-corrected chi connectivity index (χ3v) is 1.89. The molecule has 0 saturated carbocycles. The van der Waals surface area contributed by atoms with Crippen molar-refractivity contribution >= 4 is 12.4 Å². The minimum atomic E-state index is -4.89. The average Bonchev–Trinajstić information content (AvgIpc) is 2.01. The van der Waals surface area contributed by atoms with Gasteiger partial charge in [0.15, 0.2) is 0 Å². The molecule has 78 valence electrons. The fourth-order valence-electron chi connectivity index (χ4n) is 1.34. The van der Waals surface area contributed by atoms with E-state index in [1.54, 1.807) is 25.1 Å². The molecule has 0 bridgehead atoms. The van der Waals surface area contributed by atoms with E-state index in [0.29, 0.717) is 12.1 Å². The molecule has 1 aromatic rings. The van der Waals surface area contributed by atoms with Gasteiger partial charge < -0.3 is 17.8 Å². The Morgan fingerprint density at radius 1 is 1.13 bits per heavy atom. The van der Waals surface area contributed by atoms with Crippen LogP contribution >= 0.6 is 0 Å². The van der Waals surface area contributed by atoms with Crippen molar-refractivity contribution in [2.45, 2.75) is 6.54 Å². The van der Waals surface area contributed by atoms with Crippen molar-refractivity contribution in [2.24, 2.45) is 0 Å². The van der Waals surface area contributed by atoms with E-state index in [-0.39, 0.29) is 51.4 Å². The molecule has 0 atom stereocenters. The molecule has 6 heteroatoms. The summed E-state index contributed by atoms with van der Waals surface area (Å²) < 4.78 is 37.6. The second-order valence-corrected chi connectivity index (χ2v) is 3.51. The quantitative estimate of drug-likeness (QED) is 0.601. The van der Waals surface area contributed by atoms with Crippen LogP contribution in [0.4, 0.5) is 12.9 Å². The average molecular weight is 241 g/mol. The van der Waals surface area contributed by atoms with Crippen LogP contribution in [0.25, 0.3) is 0 Å². The van der Waals surface area contributed by atoms with Gasteiger partial charge in [0.1, 0.15) is 0 Å². The minimum Gasteiger partial charge on any atom is -0.445 e. The Hall–Kier alpha value is 0.671. The third-order valence-electron chi connectivity index (χ3n) is 1.89. The van der Waals surface area contributed by atoms with Crippen LogP contribution in [-0.2, 0) is 6.54 Å². The van der Waals surface area contributed by atoms with E-state index < -0.39 is 12.4 Å². The van der Waals surface area contributed by atoms with Gasteiger partial charge in [-0.05, 0) is 14.1 Å². The Kier molecular flexibility index (Phi) is 6.70. The van der Waals surface area contributed by atoms with Crippen LogP contribution in [0.2, 0.25) is 0 Å². The summed E-state index contributed by atoms with van der Waals surface area (Å²) in [7, 11) is 3.50. The van der Waals surface area contributed by atoms with Crippen molar-refractivity contribution < 1.29 is 64.3 Å². The first-order valence-corrected chi connectivity index (χ1v) is 4.33. The molecule has 0 fully saturated rings. The van der Waals surface area contributed by atoms with Gasteiger partial charge in [0, 0.05) is 6.54 Å². The van der Waals surface area contributed by atoms with Crippen LogP contribution in [0, 0.1) is 0 Å². The second-order valence-electron chi connectivity index (χ2n) is 3.51. The van der Waals surface area contributed by atoms with Gasteiger partial charge in [-0.1, -0.05) is 29.8 Å². The number of rotatable bonds is 3. The first-order valence-electron chi connectivity index (χ1n) is 4.33. The molecule has 1 rings (SSSR count). The topological polar surface area (TPSA) is 3.24 Å². The van der Waals surface area contributed by atoms with Crippen LogP contribution in [-0.4, -0.2) is 26.0 Å². The molecule has 0 N–H and O–H groups in total. The normalized spacial score (nSPS) is 11.3. The van der Waals surface area contributed by atoms with Gasteiger partial charge in [-0.3, -0.25) is 0 Å². The fourth-order valence-corrected chi connectivity index (χ4v) is 1.34. The van der Waals surface area contributed by atoms with Gasteiger partial charge in [0.05, 0.1) is 0 Å². The van der Waals surface area contributed by atoms with Gasteiger partial charge in [-0.15, -0.1) is 5.46 Å². The zero-order valence-electron chi connectivity index (χ0n) is 9.17. The van der Waals surface area contributed by atoms with Crippen molar-refractivity contribution in [3.63, 3.8) is 0 Å². The van der Waals surface area contributed by atoms with Gasteiger partial charge in [0.25, 0.3) is 0 Å². The number of nitrogens with zero attached hydrogens (tertiary/aromatic N) is 1. The molecule has 0 heterocycles. The van der Waals surface area contributed by atoms with Crippen molar-refractivity contribution in [3.8, 4) is 0 Å². The van der Waals surface area contributed by atoms with E-state index in [1.165, 1.54) is 12.1 Å². The number of hydrogen-bond donors (Lipinski definition) is 0. The van der Waals surface area contributed by atoms with E-state index in [1.807, 2.05) is 0 Å². The SMILES string of the molecule is CN(C)Cc1ccccc1[B-](F)(F)F.[K+]. The van der Waals surface area contributed by atoms with Crippen LogP contribution in [0.3, 0.4) is 0 Å². The molecule has 1 nitrogen and oxygen atoms in total. The molecule has 0 aliphatic heterocycles. The number of hydrogen-bond acceptors (Lipinski definition) is 1. The van der Waals surface area contributed by atoms with E-state index in [2.05, 4.69) is 0 Å². The maximum absolute atomic E-state index is 12.5. The zero-order valence-corrected chi connectivity index (χ0v) is 12.3. The van der Waals surface area contributed by atoms with Gasteiger partial charge >= 0.3 is 58.4 Å². The van der Waals surface area contributed by atoms with Crippen molar-refractivity contribution in [2.75, 3.05) is 14.1 Å². The summed E-state index contributed by atoms with van der Waals surface area (Å²) in [5.74, 6) is 0. The molecule has 0 amide bonds. The first kappa shape index (κ1) is 15.7. The van der Waals surface area contributed by atoms with Crippen LogP contribution < -0.4 is 56.8 Å². The molecule has 0 aliphatic rings. The molecule has 0 unspecified atom stereocenters. The maximum Gasteiger partial charge on any atom is 1.00 e. The second kappa shape index (κ2) is 6.42. The smallest absolute Gasteiger partial charge is 0.445 e. The minimum absolute atomic E-state index is 0. The summed E-state index contributed by atoms with van der Waals surface area (Å²) in [5, 5.41) is 0. The molecule has 15 heavy (non-hydrogen) atoms. The Labute approximate surface area is 131 Å². The molecule has 0 aliphatic carbocycles.